The third-order valence-corrected chi connectivity index (χ3v) is 0.808. The van der Waals surface area contributed by atoms with E-state index in [0.29, 0.717) is 0 Å². The third kappa shape index (κ3) is 70.0. The van der Waals surface area contributed by atoms with E-state index in [-0.39, 0.29) is 0 Å². The molecule has 0 spiro atoms. The molecule has 11 heavy (non-hydrogen) atoms. The molecule has 0 saturated heterocycles. The highest BCUT2D eigenvalue weighted by Gasteiger charge is 1.75. The fraction of sp³-hybridized carbons (Fsp3) is 0.778. The summed E-state index contributed by atoms with van der Waals surface area (Å²) in [5.74, 6) is 0.944. The first-order valence-electron chi connectivity index (χ1n) is 4.14. The van der Waals surface area contributed by atoms with Crippen LogP contribution in [0.3, 0.4) is 0 Å². The number of hydrogen-bond acceptors (Lipinski definition) is 2. The second kappa shape index (κ2) is 32.3. The number of hydrogen-bond donors (Lipinski definition) is 2. The lowest BCUT2D eigenvalue weighted by Crippen LogP contribution is -1.96. The molecule has 0 saturated carbocycles. The number of rotatable bonds is 3. The molecular weight excluding hydrogens is 154 g/mol. The quantitative estimate of drug-likeness (QED) is 0.387. The zero-order valence-corrected chi connectivity index (χ0v) is 8.87. The van der Waals surface area contributed by atoms with Crippen LogP contribution in [0.4, 0.5) is 0 Å². The fourth-order valence-corrected chi connectivity index (χ4v) is 0.394. The molecule has 70 valence electrons. The molecule has 2 heteroatoms. The van der Waals surface area contributed by atoms with E-state index in [0.717, 1.165) is 12.3 Å². The summed E-state index contributed by atoms with van der Waals surface area (Å²) >= 11 is 3.79. The maximum Gasteiger partial charge on any atom is -0.00773 e. The van der Waals surface area contributed by atoms with Gasteiger partial charge in [0.05, 0.1) is 0 Å². The van der Waals surface area contributed by atoms with Crippen LogP contribution in [0.25, 0.3) is 0 Å². The van der Waals surface area contributed by atoms with Crippen LogP contribution in [0, 0.1) is 0 Å². The molecule has 0 radical (unpaired) electrons. The van der Waals surface area contributed by atoms with Crippen LogP contribution in [0.15, 0.2) is 13.2 Å². The van der Waals surface area contributed by atoms with Crippen molar-refractivity contribution < 1.29 is 0 Å². The zero-order chi connectivity index (χ0) is 9.54. The summed E-state index contributed by atoms with van der Waals surface area (Å²) in [6, 6.07) is 0. The first-order valence-corrected chi connectivity index (χ1v) is 4.77. The van der Waals surface area contributed by atoms with Crippen LogP contribution in [0.1, 0.15) is 33.1 Å². The molecule has 0 aromatic heterocycles. The summed E-state index contributed by atoms with van der Waals surface area (Å²) in [4.78, 5) is 0. The van der Waals surface area contributed by atoms with Gasteiger partial charge in [0.25, 0.3) is 0 Å². The van der Waals surface area contributed by atoms with Gasteiger partial charge in [0, 0.05) is 0 Å². The molecule has 0 aliphatic heterocycles. The Morgan fingerprint density at radius 3 is 1.64 bits per heavy atom. The van der Waals surface area contributed by atoms with Crippen molar-refractivity contribution in [3.05, 3.63) is 13.2 Å². The molecule has 0 unspecified atom stereocenters. The van der Waals surface area contributed by atoms with Gasteiger partial charge in [-0.15, -0.1) is 13.2 Å². The average molecular weight is 177 g/mol. The molecule has 0 amide bonds. The number of thiol groups is 1. The van der Waals surface area contributed by atoms with Gasteiger partial charge in [-0.05, 0) is 18.7 Å². The summed E-state index contributed by atoms with van der Waals surface area (Å²) in [6.07, 6.45) is 3.75. The minimum absolute atomic E-state index is 0.855. The van der Waals surface area contributed by atoms with Gasteiger partial charge in [-0.1, -0.05) is 26.7 Å². The molecule has 1 nitrogen and oxygen atoms in total. The van der Waals surface area contributed by atoms with E-state index < -0.39 is 0 Å². The summed E-state index contributed by atoms with van der Waals surface area (Å²) in [5.41, 5.74) is 5.21. The minimum Gasteiger partial charge on any atom is -0.330 e. The van der Waals surface area contributed by atoms with Crippen molar-refractivity contribution in [2.75, 3.05) is 12.3 Å². The van der Waals surface area contributed by atoms with Crippen molar-refractivity contribution in [2.24, 2.45) is 5.73 Å². The summed E-state index contributed by atoms with van der Waals surface area (Å²) in [5, 5.41) is 0. The molecular formula is C9H23NS. The van der Waals surface area contributed by atoms with E-state index in [9.17, 15) is 0 Å². The topological polar surface area (TPSA) is 26.0 Å². The van der Waals surface area contributed by atoms with Gasteiger partial charge in [-0.2, -0.15) is 12.6 Å². The van der Waals surface area contributed by atoms with Crippen LogP contribution in [-0.2, 0) is 0 Å². The van der Waals surface area contributed by atoms with E-state index in [1.807, 2.05) is 6.92 Å². The molecule has 0 atom stereocenters. The Morgan fingerprint density at radius 2 is 1.55 bits per heavy atom. The predicted octanol–water partition coefficient (Wildman–Crippen LogP) is 2.87. The van der Waals surface area contributed by atoms with E-state index >= 15 is 0 Å². The molecule has 0 aliphatic carbocycles. The Labute approximate surface area is 77.5 Å². The van der Waals surface area contributed by atoms with Crippen molar-refractivity contribution in [1.29, 1.82) is 0 Å². The van der Waals surface area contributed by atoms with E-state index in [1.165, 1.54) is 19.3 Å². The lowest BCUT2D eigenvalue weighted by atomic mass is 10.3. The second-order valence-electron chi connectivity index (χ2n) is 1.81. The molecule has 0 aromatic carbocycles. The van der Waals surface area contributed by atoms with E-state index in [1.54, 1.807) is 0 Å². The smallest absolute Gasteiger partial charge is 0.00773 e. The molecule has 2 N–H and O–H groups in total. The first kappa shape index (κ1) is 17.2. The SMILES string of the molecule is C=C.CCCCCN.CCS. The molecule has 0 fully saturated rings. The van der Waals surface area contributed by atoms with Crippen molar-refractivity contribution in [2.45, 2.75) is 33.1 Å². The first-order chi connectivity index (χ1) is 5.33. The van der Waals surface area contributed by atoms with Crippen LogP contribution in [-0.4, -0.2) is 12.3 Å². The van der Waals surface area contributed by atoms with Crippen LogP contribution in [0.5, 0.6) is 0 Å². The number of unbranched alkanes of at least 4 members (excludes halogenated alkanes) is 2. The molecule has 0 aliphatic rings. The van der Waals surface area contributed by atoms with Gasteiger partial charge in [0.15, 0.2) is 0 Å². The van der Waals surface area contributed by atoms with E-state index in [4.69, 9.17) is 5.73 Å². The van der Waals surface area contributed by atoms with Crippen LogP contribution in [0.2, 0.25) is 0 Å². The predicted molar refractivity (Wildman–Crippen MR) is 59.4 cm³/mol. The van der Waals surface area contributed by atoms with Gasteiger partial charge < -0.3 is 5.73 Å². The van der Waals surface area contributed by atoms with Gasteiger partial charge in [-0.3, -0.25) is 0 Å². The Kier molecular flexibility index (Phi) is 50.5. The lowest BCUT2D eigenvalue weighted by Gasteiger charge is -1.86. The second-order valence-corrected chi connectivity index (χ2v) is 2.44. The summed E-state index contributed by atoms with van der Waals surface area (Å²) in [6.45, 7) is 11.0. The van der Waals surface area contributed by atoms with Gasteiger partial charge >= 0.3 is 0 Å². The van der Waals surface area contributed by atoms with E-state index in [2.05, 4.69) is 32.7 Å². The zero-order valence-electron chi connectivity index (χ0n) is 7.97. The van der Waals surface area contributed by atoms with Crippen LogP contribution < -0.4 is 5.73 Å². The Hall–Kier alpha value is 0.0500. The van der Waals surface area contributed by atoms with Crippen molar-refractivity contribution >= 4 is 12.6 Å². The molecule has 0 rings (SSSR count). The normalized spacial score (nSPS) is 6.91. The van der Waals surface area contributed by atoms with Crippen molar-refractivity contribution in [3.63, 3.8) is 0 Å². The third-order valence-electron chi connectivity index (χ3n) is 0.808. The highest BCUT2D eigenvalue weighted by Crippen LogP contribution is 1.88. The standard InChI is InChI=1S/C5H13N.C2H6S.C2H4/c1-2-3-4-5-6;1-2-3;1-2/h2-6H2,1H3;3H,2H2,1H3;1-2H2. The van der Waals surface area contributed by atoms with Crippen LogP contribution >= 0.6 is 12.6 Å². The Morgan fingerprint density at radius 1 is 1.18 bits per heavy atom. The van der Waals surface area contributed by atoms with Crippen molar-refractivity contribution in [1.82, 2.24) is 0 Å². The largest absolute Gasteiger partial charge is 0.330 e. The molecule has 0 aromatic rings. The van der Waals surface area contributed by atoms with Gasteiger partial charge in [0.1, 0.15) is 0 Å². The monoisotopic (exact) mass is 177 g/mol. The molecule has 0 bridgehead atoms. The summed E-state index contributed by atoms with van der Waals surface area (Å²) in [7, 11) is 0. The minimum atomic E-state index is 0.855. The fourth-order valence-electron chi connectivity index (χ4n) is 0.394. The summed E-state index contributed by atoms with van der Waals surface area (Å²) < 4.78 is 0. The average Bonchev–Trinajstić information content (AvgIpc) is 2.06. The van der Waals surface area contributed by atoms with Gasteiger partial charge in [-0.25, -0.2) is 0 Å². The molecule has 0 heterocycles. The van der Waals surface area contributed by atoms with Gasteiger partial charge in [0.2, 0.25) is 0 Å². The maximum atomic E-state index is 5.21. The van der Waals surface area contributed by atoms with Crippen molar-refractivity contribution in [3.8, 4) is 0 Å². The maximum absolute atomic E-state index is 5.21. The lowest BCUT2D eigenvalue weighted by molar-refractivity contribution is 0.727. The highest BCUT2D eigenvalue weighted by atomic mass is 32.1. The Bertz CT molecular complexity index is 36.5. The highest BCUT2D eigenvalue weighted by molar-refractivity contribution is 7.80. The Balaban J connectivity index is -0.000000109. The number of nitrogens with two attached hydrogens (primary N) is 1.